The van der Waals surface area contributed by atoms with Crippen molar-refractivity contribution in [3.8, 4) is 5.75 Å². The van der Waals surface area contributed by atoms with Crippen molar-refractivity contribution in [2.24, 2.45) is 0 Å². The molecule has 27 heavy (non-hydrogen) atoms. The van der Waals surface area contributed by atoms with Gasteiger partial charge in [0.15, 0.2) is 6.61 Å². The molecule has 1 heterocycles. The van der Waals surface area contributed by atoms with Crippen molar-refractivity contribution in [1.82, 2.24) is 5.32 Å². The first-order chi connectivity index (χ1) is 13.2. The molecule has 2 aromatic carbocycles. The van der Waals surface area contributed by atoms with E-state index in [1.54, 1.807) is 4.90 Å². The Morgan fingerprint density at radius 2 is 1.89 bits per heavy atom. The molecule has 1 fully saturated rings. The molecule has 1 unspecified atom stereocenters. The van der Waals surface area contributed by atoms with E-state index >= 15 is 0 Å². The summed E-state index contributed by atoms with van der Waals surface area (Å²) in [5.41, 5.74) is 3.42. The van der Waals surface area contributed by atoms with Crippen LogP contribution in [0.1, 0.15) is 42.9 Å². The van der Waals surface area contributed by atoms with Crippen LogP contribution >= 0.6 is 0 Å². The third kappa shape index (κ3) is 3.97. The van der Waals surface area contributed by atoms with Crippen LogP contribution < -0.4 is 15.0 Å². The molecule has 0 radical (unpaired) electrons. The lowest BCUT2D eigenvalue weighted by atomic mass is 9.88. The van der Waals surface area contributed by atoms with E-state index in [1.165, 1.54) is 11.1 Å². The minimum Gasteiger partial charge on any atom is -0.484 e. The average Bonchev–Trinajstić information content (AvgIpc) is 3.13. The Morgan fingerprint density at radius 3 is 2.67 bits per heavy atom. The van der Waals surface area contributed by atoms with Crippen LogP contribution in [0, 0.1) is 0 Å². The number of hydrogen-bond acceptors (Lipinski definition) is 3. The fourth-order valence-electron chi connectivity index (χ4n) is 3.93. The van der Waals surface area contributed by atoms with Gasteiger partial charge < -0.3 is 15.0 Å². The molecule has 0 spiro atoms. The number of hydrogen-bond donors (Lipinski definition) is 1. The van der Waals surface area contributed by atoms with Gasteiger partial charge in [0.2, 0.25) is 5.91 Å². The van der Waals surface area contributed by atoms with Crippen LogP contribution in [-0.4, -0.2) is 25.0 Å². The monoisotopic (exact) mass is 364 g/mol. The van der Waals surface area contributed by atoms with E-state index in [-0.39, 0.29) is 24.5 Å². The van der Waals surface area contributed by atoms with Crippen LogP contribution in [0.2, 0.25) is 0 Å². The van der Waals surface area contributed by atoms with Crippen molar-refractivity contribution < 1.29 is 14.3 Å². The number of fused-ring (bicyclic) bond motifs is 1. The first-order valence-corrected chi connectivity index (χ1v) is 9.61. The molecule has 2 aromatic rings. The second-order valence-electron chi connectivity index (χ2n) is 7.14. The molecule has 5 heteroatoms. The van der Waals surface area contributed by atoms with Gasteiger partial charge in [0.25, 0.3) is 5.91 Å². The lowest BCUT2D eigenvalue weighted by Gasteiger charge is -2.26. The van der Waals surface area contributed by atoms with Crippen LogP contribution in [0.15, 0.2) is 48.5 Å². The van der Waals surface area contributed by atoms with Crippen molar-refractivity contribution in [1.29, 1.82) is 0 Å². The lowest BCUT2D eigenvalue weighted by molar-refractivity contribution is -0.124. The molecule has 4 rings (SSSR count). The van der Waals surface area contributed by atoms with Crippen LogP contribution in [0.4, 0.5) is 5.69 Å². The van der Waals surface area contributed by atoms with Crippen molar-refractivity contribution in [3.05, 3.63) is 59.7 Å². The third-order valence-electron chi connectivity index (χ3n) is 5.30. The summed E-state index contributed by atoms with van der Waals surface area (Å²) in [7, 11) is 0. The standard InChI is InChI=1S/C22H24N2O3/c25-21(23-20-8-3-6-16-5-1-2-7-19(16)20)15-27-18-12-10-17(11-13-18)24-14-4-9-22(24)26/h1-2,5,7,10-13,20H,3-4,6,8-9,14-15H2,(H,23,25). The van der Waals surface area contributed by atoms with E-state index in [4.69, 9.17) is 4.74 Å². The number of ether oxygens (including phenoxy) is 1. The maximum absolute atomic E-state index is 12.3. The van der Waals surface area contributed by atoms with E-state index in [0.29, 0.717) is 12.2 Å². The van der Waals surface area contributed by atoms with Crippen molar-refractivity contribution in [2.45, 2.75) is 38.1 Å². The maximum atomic E-state index is 12.3. The first-order valence-electron chi connectivity index (χ1n) is 9.61. The predicted molar refractivity (Wildman–Crippen MR) is 104 cm³/mol. The largest absolute Gasteiger partial charge is 0.484 e. The third-order valence-corrected chi connectivity index (χ3v) is 5.30. The Balaban J connectivity index is 1.31. The van der Waals surface area contributed by atoms with Gasteiger partial charge >= 0.3 is 0 Å². The molecular formula is C22H24N2O3. The highest BCUT2D eigenvalue weighted by Gasteiger charge is 2.22. The number of anilines is 1. The highest BCUT2D eigenvalue weighted by molar-refractivity contribution is 5.95. The summed E-state index contributed by atoms with van der Waals surface area (Å²) in [6, 6.07) is 15.7. The van der Waals surface area contributed by atoms with Gasteiger partial charge in [-0.3, -0.25) is 9.59 Å². The summed E-state index contributed by atoms with van der Waals surface area (Å²) in [5.74, 6) is 0.677. The molecule has 1 aliphatic heterocycles. The van der Waals surface area contributed by atoms with Gasteiger partial charge in [0, 0.05) is 18.7 Å². The lowest BCUT2D eigenvalue weighted by Crippen LogP contribution is -2.34. The zero-order valence-corrected chi connectivity index (χ0v) is 15.3. The van der Waals surface area contributed by atoms with Crippen LogP contribution in [0.25, 0.3) is 0 Å². The molecule has 1 atom stereocenters. The fourth-order valence-corrected chi connectivity index (χ4v) is 3.93. The number of nitrogens with one attached hydrogen (secondary N) is 1. The average molecular weight is 364 g/mol. The minimum atomic E-state index is -0.115. The van der Waals surface area contributed by atoms with E-state index in [2.05, 4.69) is 17.4 Å². The molecular weight excluding hydrogens is 340 g/mol. The van der Waals surface area contributed by atoms with Gasteiger partial charge in [-0.15, -0.1) is 0 Å². The number of carbonyl (C=O) groups is 2. The summed E-state index contributed by atoms with van der Waals surface area (Å²) in [4.78, 5) is 25.9. The molecule has 0 saturated carbocycles. The zero-order valence-electron chi connectivity index (χ0n) is 15.3. The number of nitrogens with zero attached hydrogens (tertiary/aromatic N) is 1. The molecule has 1 aliphatic carbocycles. The summed E-state index contributed by atoms with van der Waals surface area (Å²) in [6.45, 7) is 0.755. The van der Waals surface area contributed by atoms with Gasteiger partial charge in [0.1, 0.15) is 5.75 Å². The summed E-state index contributed by atoms with van der Waals surface area (Å²) >= 11 is 0. The predicted octanol–water partition coefficient (Wildman–Crippen LogP) is 3.39. The summed E-state index contributed by atoms with van der Waals surface area (Å²) in [5, 5.41) is 3.09. The Labute approximate surface area is 159 Å². The van der Waals surface area contributed by atoms with E-state index in [1.807, 2.05) is 36.4 Å². The molecule has 1 saturated heterocycles. The number of amides is 2. The van der Waals surface area contributed by atoms with Gasteiger partial charge in [-0.1, -0.05) is 24.3 Å². The summed E-state index contributed by atoms with van der Waals surface area (Å²) in [6.07, 6.45) is 4.63. The van der Waals surface area contributed by atoms with E-state index in [0.717, 1.165) is 37.9 Å². The molecule has 140 valence electrons. The molecule has 5 nitrogen and oxygen atoms in total. The highest BCUT2D eigenvalue weighted by atomic mass is 16.5. The smallest absolute Gasteiger partial charge is 0.258 e. The molecule has 0 bridgehead atoms. The number of carbonyl (C=O) groups excluding carboxylic acids is 2. The number of benzene rings is 2. The number of rotatable bonds is 5. The second kappa shape index (κ2) is 7.82. The first kappa shape index (κ1) is 17.6. The maximum Gasteiger partial charge on any atom is 0.258 e. The Kier molecular flexibility index (Phi) is 5.10. The quantitative estimate of drug-likeness (QED) is 0.885. The van der Waals surface area contributed by atoms with Gasteiger partial charge in [-0.05, 0) is 61.1 Å². The van der Waals surface area contributed by atoms with Gasteiger partial charge in [-0.25, -0.2) is 0 Å². The van der Waals surface area contributed by atoms with E-state index < -0.39 is 0 Å². The second-order valence-corrected chi connectivity index (χ2v) is 7.14. The van der Waals surface area contributed by atoms with Crippen LogP contribution in [0.3, 0.4) is 0 Å². The van der Waals surface area contributed by atoms with Gasteiger partial charge in [-0.2, -0.15) is 0 Å². The Bertz CT molecular complexity index is 832. The molecule has 2 amide bonds. The summed E-state index contributed by atoms with van der Waals surface area (Å²) < 4.78 is 5.63. The highest BCUT2D eigenvalue weighted by Crippen LogP contribution is 2.29. The van der Waals surface area contributed by atoms with Crippen molar-refractivity contribution >= 4 is 17.5 Å². The number of aryl methyl sites for hydroxylation is 1. The topological polar surface area (TPSA) is 58.6 Å². The Hall–Kier alpha value is -2.82. The fraction of sp³-hybridized carbons (Fsp3) is 0.364. The Morgan fingerprint density at radius 1 is 1.07 bits per heavy atom. The molecule has 2 aliphatic rings. The van der Waals surface area contributed by atoms with Crippen LogP contribution in [-0.2, 0) is 16.0 Å². The molecule has 1 N–H and O–H groups in total. The van der Waals surface area contributed by atoms with Crippen molar-refractivity contribution in [3.63, 3.8) is 0 Å². The van der Waals surface area contributed by atoms with E-state index in [9.17, 15) is 9.59 Å². The van der Waals surface area contributed by atoms with Gasteiger partial charge in [0.05, 0.1) is 6.04 Å². The zero-order chi connectivity index (χ0) is 18.6. The molecule has 0 aromatic heterocycles. The van der Waals surface area contributed by atoms with Crippen LogP contribution in [0.5, 0.6) is 5.75 Å². The minimum absolute atomic E-state index is 0.0132. The normalized spacial score (nSPS) is 18.9. The van der Waals surface area contributed by atoms with Crippen molar-refractivity contribution in [2.75, 3.05) is 18.1 Å². The SMILES string of the molecule is O=C(COc1ccc(N2CCCC2=O)cc1)NC1CCCc2ccccc21.